The van der Waals surface area contributed by atoms with Crippen molar-refractivity contribution < 1.29 is 9.47 Å². The first-order chi connectivity index (χ1) is 9.69. The van der Waals surface area contributed by atoms with Gasteiger partial charge in [-0.1, -0.05) is 38.1 Å². The fourth-order valence-corrected chi connectivity index (χ4v) is 1.87. The van der Waals surface area contributed by atoms with Gasteiger partial charge >= 0.3 is 0 Å². The lowest BCUT2D eigenvalue weighted by Crippen LogP contribution is -2.21. The zero-order chi connectivity index (χ0) is 14.4. The van der Waals surface area contributed by atoms with Gasteiger partial charge < -0.3 is 14.8 Å². The van der Waals surface area contributed by atoms with E-state index in [1.165, 1.54) is 5.56 Å². The Morgan fingerprint density at radius 2 is 1.75 bits per heavy atom. The van der Waals surface area contributed by atoms with E-state index in [1.54, 1.807) is 7.11 Å². The van der Waals surface area contributed by atoms with Gasteiger partial charge in [0.15, 0.2) is 11.5 Å². The van der Waals surface area contributed by atoms with Crippen LogP contribution in [0.15, 0.2) is 48.5 Å². The summed E-state index contributed by atoms with van der Waals surface area (Å²) in [7, 11) is 1.64. The Kier molecular flexibility index (Phi) is 5.02. The SMILES string of the molecule is COc1ccccc1Oc1cccc(CNC(C)C)c1. The Labute approximate surface area is 120 Å². The van der Waals surface area contributed by atoms with Gasteiger partial charge in [-0.2, -0.15) is 0 Å². The molecule has 0 fully saturated rings. The van der Waals surface area contributed by atoms with Gasteiger partial charge in [0.05, 0.1) is 7.11 Å². The van der Waals surface area contributed by atoms with Gasteiger partial charge in [0.1, 0.15) is 5.75 Å². The highest BCUT2D eigenvalue weighted by Crippen LogP contribution is 2.31. The molecule has 0 amide bonds. The molecule has 20 heavy (non-hydrogen) atoms. The van der Waals surface area contributed by atoms with Crippen molar-refractivity contribution in [2.75, 3.05) is 7.11 Å². The Morgan fingerprint density at radius 1 is 1.00 bits per heavy atom. The van der Waals surface area contributed by atoms with E-state index in [-0.39, 0.29) is 0 Å². The second kappa shape index (κ2) is 6.96. The van der Waals surface area contributed by atoms with Crippen LogP contribution in [0.5, 0.6) is 17.2 Å². The Hall–Kier alpha value is -2.00. The van der Waals surface area contributed by atoms with E-state index in [0.29, 0.717) is 6.04 Å². The monoisotopic (exact) mass is 271 g/mol. The fourth-order valence-electron chi connectivity index (χ4n) is 1.87. The topological polar surface area (TPSA) is 30.5 Å². The number of methoxy groups -OCH3 is 1. The minimum absolute atomic E-state index is 0.466. The lowest BCUT2D eigenvalue weighted by atomic mass is 10.2. The summed E-state index contributed by atoms with van der Waals surface area (Å²) in [4.78, 5) is 0. The van der Waals surface area contributed by atoms with Gasteiger partial charge in [-0.3, -0.25) is 0 Å². The Morgan fingerprint density at radius 3 is 2.45 bits per heavy atom. The van der Waals surface area contributed by atoms with Crippen molar-refractivity contribution in [3.05, 3.63) is 54.1 Å². The van der Waals surface area contributed by atoms with Crippen molar-refractivity contribution in [3.8, 4) is 17.2 Å². The van der Waals surface area contributed by atoms with Crippen LogP contribution in [0, 0.1) is 0 Å². The number of rotatable bonds is 6. The van der Waals surface area contributed by atoms with Gasteiger partial charge in [-0.25, -0.2) is 0 Å². The van der Waals surface area contributed by atoms with E-state index in [2.05, 4.69) is 25.2 Å². The van der Waals surface area contributed by atoms with E-state index < -0.39 is 0 Å². The van der Waals surface area contributed by atoms with Crippen LogP contribution in [-0.4, -0.2) is 13.2 Å². The summed E-state index contributed by atoms with van der Waals surface area (Å²) < 4.78 is 11.2. The Balaban J connectivity index is 2.11. The first kappa shape index (κ1) is 14.4. The molecule has 0 spiro atoms. The van der Waals surface area contributed by atoms with Crippen molar-refractivity contribution in [1.29, 1.82) is 0 Å². The summed E-state index contributed by atoms with van der Waals surface area (Å²) >= 11 is 0. The summed E-state index contributed by atoms with van der Waals surface area (Å²) in [5, 5.41) is 3.40. The summed E-state index contributed by atoms with van der Waals surface area (Å²) in [6, 6.07) is 16.2. The van der Waals surface area contributed by atoms with Crippen LogP contribution in [0.1, 0.15) is 19.4 Å². The van der Waals surface area contributed by atoms with Crippen LogP contribution >= 0.6 is 0 Å². The van der Waals surface area contributed by atoms with Crippen LogP contribution in [0.25, 0.3) is 0 Å². The van der Waals surface area contributed by atoms with Gasteiger partial charge in [-0.05, 0) is 29.8 Å². The average Bonchev–Trinajstić information content (AvgIpc) is 2.46. The van der Waals surface area contributed by atoms with Crippen LogP contribution in [0.3, 0.4) is 0 Å². The predicted octanol–water partition coefficient (Wildman–Crippen LogP) is 3.99. The third-order valence-electron chi connectivity index (χ3n) is 2.91. The smallest absolute Gasteiger partial charge is 0.169 e. The molecule has 106 valence electrons. The highest BCUT2D eigenvalue weighted by molar-refractivity contribution is 5.43. The molecule has 0 aliphatic carbocycles. The molecule has 2 rings (SSSR count). The molecule has 0 radical (unpaired) electrons. The van der Waals surface area contributed by atoms with E-state index >= 15 is 0 Å². The van der Waals surface area contributed by atoms with Gasteiger partial charge in [0.25, 0.3) is 0 Å². The van der Waals surface area contributed by atoms with Crippen molar-refractivity contribution in [3.63, 3.8) is 0 Å². The van der Waals surface area contributed by atoms with E-state index in [0.717, 1.165) is 23.8 Å². The lowest BCUT2D eigenvalue weighted by molar-refractivity contribution is 0.378. The molecule has 2 aromatic rings. The molecular formula is C17H21NO2. The first-order valence-electron chi connectivity index (χ1n) is 6.82. The van der Waals surface area contributed by atoms with Crippen LogP contribution in [-0.2, 0) is 6.54 Å². The Bertz CT molecular complexity index is 552. The number of hydrogen-bond donors (Lipinski definition) is 1. The number of nitrogens with one attached hydrogen (secondary N) is 1. The summed E-state index contributed by atoms with van der Waals surface area (Å²) in [6.07, 6.45) is 0. The molecule has 0 unspecified atom stereocenters. The zero-order valence-electron chi connectivity index (χ0n) is 12.2. The molecule has 0 bridgehead atoms. The van der Waals surface area contributed by atoms with Crippen LogP contribution in [0.4, 0.5) is 0 Å². The number of para-hydroxylation sites is 2. The molecule has 2 aromatic carbocycles. The number of hydrogen-bond acceptors (Lipinski definition) is 3. The molecule has 0 aromatic heterocycles. The molecule has 1 N–H and O–H groups in total. The molecule has 0 atom stereocenters. The standard InChI is InChI=1S/C17H21NO2/c1-13(2)18-12-14-7-6-8-15(11-14)20-17-10-5-4-9-16(17)19-3/h4-11,13,18H,12H2,1-3H3. The van der Waals surface area contributed by atoms with E-state index in [4.69, 9.17) is 9.47 Å². The minimum atomic E-state index is 0.466. The molecule has 3 nitrogen and oxygen atoms in total. The highest BCUT2D eigenvalue weighted by Gasteiger charge is 2.05. The normalized spacial score (nSPS) is 10.6. The number of ether oxygens (including phenoxy) is 2. The van der Waals surface area contributed by atoms with Crippen LogP contribution in [0.2, 0.25) is 0 Å². The molecule has 0 aliphatic heterocycles. The summed E-state index contributed by atoms with van der Waals surface area (Å²) in [6.45, 7) is 5.10. The maximum absolute atomic E-state index is 5.90. The molecular weight excluding hydrogens is 250 g/mol. The second-order valence-corrected chi connectivity index (χ2v) is 4.94. The number of benzene rings is 2. The van der Waals surface area contributed by atoms with Crippen molar-refractivity contribution >= 4 is 0 Å². The van der Waals surface area contributed by atoms with Gasteiger partial charge in [0.2, 0.25) is 0 Å². The van der Waals surface area contributed by atoms with Crippen LogP contribution < -0.4 is 14.8 Å². The highest BCUT2D eigenvalue weighted by atomic mass is 16.5. The molecule has 3 heteroatoms. The van der Waals surface area contributed by atoms with E-state index in [9.17, 15) is 0 Å². The predicted molar refractivity (Wildman–Crippen MR) is 81.5 cm³/mol. The van der Waals surface area contributed by atoms with Gasteiger partial charge in [-0.15, -0.1) is 0 Å². The average molecular weight is 271 g/mol. The van der Waals surface area contributed by atoms with Crippen molar-refractivity contribution in [2.45, 2.75) is 26.4 Å². The third-order valence-corrected chi connectivity index (χ3v) is 2.91. The summed E-state index contributed by atoms with van der Waals surface area (Å²) in [5.41, 5.74) is 1.20. The minimum Gasteiger partial charge on any atom is -0.493 e. The van der Waals surface area contributed by atoms with Gasteiger partial charge in [0, 0.05) is 12.6 Å². The second-order valence-electron chi connectivity index (χ2n) is 4.94. The van der Waals surface area contributed by atoms with Crippen molar-refractivity contribution in [2.24, 2.45) is 0 Å². The molecule has 0 saturated heterocycles. The van der Waals surface area contributed by atoms with E-state index in [1.807, 2.05) is 42.5 Å². The maximum atomic E-state index is 5.90. The largest absolute Gasteiger partial charge is 0.493 e. The lowest BCUT2D eigenvalue weighted by Gasteiger charge is -2.12. The fraction of sp³-hybridized carbons (Fsp3) is 0.294. The van der Waals surface area contributed by atoms with Crippen molar-refractivity contribution in [1.82, 2.24) is 5.32 Å². The summed E-state index contributed by atoms with van der Waals surface area (Å²) in [5.74, 6) is 2.28. The molecule has 0 heterocycles. The molecule has 0 saturated carbocycles. The third kappa shape index (κ3) is 4.00. The first-order valence-corrected chi connectivity index (χ1v) is 6.82. The maximum Gasteiger partial charge on any atom is 0.169 e. The quantitative estimate of drug-likeness (QED) is 0.862. The molecule has 0 aliphatic rings. The zero-order valence-corrected chi connectivity index (χ0v) is 12.2.